The predicted octanol–water partition coefficient (Wildman–Crippen LogP) is 10.9. The van der Waals surface area contributed by atoms with Crippen molar-refractivity contribution in [3.05, 3.63) is 286 Å². The smallest absolute Gasteiger partial charge is 0.502 e. The number of thiophene rings is 2. The highest BCUT2D eigenvalue weighted by Gasteiger charge is 2.51. The number of aromatic hydroxyl groups is 2. The Balaban J connectivity index is 0.000000115. The first-order valence-corrected chi connectivity index (χ1v) is 38.4. The lowest BCUT2D eigenvalue weighted by Gasteiger charge is -2.51. The largest absolute Gasteiger partial charge is 0.510 e. The highest BCUT2D eigenvalue weighted by molar-refractivity contribution is 7.14. The maximum Gasteiger partial charge on any atom is 0.510 e. The first-order valence-electron chi connectivity index (χ1n) is 36.7. The Hall–Kier alpha value is -13.1. The predicted molar refractivity (Wildman–Crippen MR) is 416 cm³/mol. The number of pyridine rings is 3. The van der Waals surface area contributed by atoms with Crippen LogP contribution in [0.4, 0.5) is 9.18 Å². The number of hydrogen-bond donors (Lipinski definition) is 2. The van der Waals surface area contributed by atoms with Gasteiger partial charge in [-0.2, -0.15) is 0 Å². The monoisotopic (exact) mass is 1570 g/mol. The van der Waals surface area contributed by atoms with Gasteiger partial charge in [-0.05, 0) is 96.7 Å². The standard InChI is InChI=1S/C30H24FN3O7S.C28H23N3O5S.C26H20N4O5/c1-38-30(37)41-16-40-27-22(35)9-11-33-26(27)29(36)32-12-13-39-15-23(32)34(33)25-17-5-2-3-6-18(17)28-20(10-14-42-28)24-19(25)7-4-8-21(24)31;1-35-16-6-7-18-21(14-16)20-9-13-37-27(20)19-5-3-2-4-17(19)24(18)31-23-15-36-12-11-29(23)28(34)25-26(33)22(32)8-10-30(25)31;31-20-9-10-29-23(24(20)32)26(33)28-11-12-34-14-21(28)30(29)22-16-6-2-1-5-15(16)19-13-27-35-25(19)18-8-4-3-7-17(18)22/h2-11,14,23,25H,12-13,15-16H2,1H3;2-10,13-14,23-24,33H,11-12,15H2,1H3;1-10,13,21-22,32H,11-12,14H2/t23-,25+;23-,24-;/m11./s1. The fourth-order valence-electron chi connectivity index (χ4n) is 17.3. The number of nitrogens with zero attached hydrogens (tertiary/aromatic N) is 10. The van der Waals surface area contributed by atoms with Gasteiger partial charge in [0.1, 0.15) is 30.1 Å². The summed E-state index contributed by atoms with van der Waals surface area (Å²) in [6.07, 6.45) is 3.87. The van der Waals surface area contributed by atoms with Crippen LogP contribution in [0.5, 0.6) is 23.0 Å². The van der Waals surface area contributed by atoms with Crippen molar-refractivity contribution in [3.63, 3.8) is 0 Å². The van der Waals surface area contributed by atoms with Crippen molar-refractivity contribution in [3.8, 4) is 88.6 Å². The van der Waals surface area contributed by atoms with Gasteiger partial charge >= 0.3 is 6.16 Å². The molecule has 114 heavy (non-hydrogen) atoms. The quantitative estimate of drug-likeness (QED) is 0.111. The summed E-state index contributed by atoms with van der Waals surface area (Å²) in [7, 11) is 2.80. The van der Waals surface area contributed by atoms with Crippen LogP contribution >= 0.6 is 22.7 Å². The molecule has 3 amide bonds. The van der Waals surface area contributed by atoms with E-state index >= 15 is 4.39 Å². The molecule has 12 aromatic rings. The Labute approximate surface area is 655 Å². The average Bonchev–Trinajstić information content (AvgIpc) is 1.33. The Morgan fingerprint density at radius 3 is 1.50 bits per heavy atom. The number of methoxy groups -OCH3 is 2. The zero-order valence-corrected chi connectivity index (χ0v) is 62.4. The lowest BCUT2D eigenvalue weighted by atomic mass is 9.92. The molecule has 2 unspecified atom stereocenters. The van der Waals surface area contributed by atoms with E-state index in [0.29, 0.717) is 56.4 Å². The van der Waals surface area contributed by atoms with Crippen LogP contribution in [0.15, 0.2) is 218 Å². The molecule has 0 spiro atoms. The maximum atomic E-state index is 15.8. The van der Waals surface area contributed by atoms with E-state index < -0.39 is 83.1 Å². The number of carbonyl (C=O) groups is 4. The number of fused-ring (bicyclic) bond motifs is 21. The summed E-state index contributed by atoms with van der Waals surface area (Å²) in [4.78, 5) is 97.4. The molecular weight excluding hydrogens is 1500 g/mol. The van der Waals surface area contributed by atoms with Gasteiger partial charge < -0.3 is 62.6 Å². The molecule has 3 saturated heterocycles. The number of rotatable bonds is 7. The molecule has 9 aliphatic rings. The van der Waals surface area contributed by atoms with Gasteiger partial charge in [0.15, 0.2) is 34.3 Å². The molecule has 21 rings (SSSR count). The minimum Gasteiger partial charge on any atom is -0.502 e. The van der Waals surface area contributed by atoms with Crippen molar-refractivity contribution in [2.24, 2.45) is 0 Å². The Kier molecular flexibility index (Phi) is 17.8. The molecule has 0 saturated carbocycles. The molecule has 6 atom stereocenters. The van der Waals surface area contributed by atoms with E-state index in [9.17, 15) is 43.8 Å². The summed E-state index contributed by atoms with van der Waals surface area (Å²) in [5, 5.41) is 35.7. The van der Waals surface area contributed by atoms with Crippen LogP contribution in [-0.2, 0) is 23.7 Å². The van der Waals surface area contributed by atoms with Gasteiger partial charge in [-0.1, -0.05) is 120 Å². The van der Waals surface area contributed by atoms with Crippen LogP contribution in [0, 0.1) is 5.82 Å². The molecule has 30 heteroatoms. The summed E-state index contributed by atoms with van der Waals surface area (Å²) >= 11 is 3.22. The third kappa shape index (κ3) is 11.3. The van der Waals surface area contributed by atoms with Crippen molar-refractivity contribution in [1.29, 1.82) is 0 Å². The molecule has 6 aromatic carbocycles. The van der Waals surface area contributed by atoms with Gasteiger partial charge in [-0.3, -0.25) is 57.8 Å². The number of hydrogen-bond acceptors (Lipinski definition) is 23. The lowest BCUT2D eigenvalue weighted by molar-refractivity contribution is -0.0208. The second kappa shape index (κ2) is 28.6. The molecule has 0 radical (unpaired) electrons. The van der Waals surface area contributed by atoms with Crippen LogP contribution in [0.3, 0.4) is 0 Å². The van der Waals surface area contributed by atoms with E-state index in [-0.39, 0.29) is 60.4 Å². The second-order valence-electron chi connectivity index (χ2n) is 27.9. The number of amides is 3. The molecule has 12 heterocycles. The second-order valence-corrected chi connectivity index (χ2v) is 29.8. The molecule has 27 nitrogen and oxygen atoms in total. The minimum atomic E-state index is -0.998. The van der Waals surface area contributed by atoms with E-state index in [1.165, 1.54) is 41.8 Å². The van der Waals surface area contributed by atoms with Gasteiger partial charge in [0.05, 0.1) is 78.2 Å². The molecule has 6 aromatic heterocycles. The van der Waals surface area contributed by atoms with E-state index in [2.05, 4.69) is 44.5 Å². The van der Waals surface area contributed by atoms with Crippen LogP contribution in [0.1, 0.15) is 83.0 Å². The normalized spacial score (nSPS) is 19.5. The Bertz CT molecular complexity index is 6070. The van der Waals surface area contributed by atoms with Gasteiger partial charge in [-0.25, -0.2) is 9.18 Å². The summed E-state index contributed by atoms with van der Waals surface area (Å²) in [5.41, 5.74) is 11.9. The number of ether oxygens (including phenoxy) is 7. The van der Waals surface area contributed by atoms with Crippen LogP contribution in [0.2, 0.25) is 0 Å². The highest BCUT2D eigenvalue weighted by atomic mass is 32.1. The Morgan fingerprint density at radius 2 is 0.947 bits per heavy atom. The number of morpholine rings is 3. The molecule has 3 fully saturated rings. The summed E-state index contributed by atoms with van der Waals surface area (Å²) in [6, 6.07) is 49.7. The van der Waals surface area contributed by atoms with Crippen LogP contribution < -0.4 is 40.8 Å². The summed E-state index contributed by atoms with van der Waals surface area (Å²) in [6.45, 7) is 2.17. The van der Waals surface area contributed by atoms with Crippen molar-refractivity contribution in [2.75, 3.05) is 95.3 Å². The SMILES string of the molecule is COC(=O)OCOc1c2n(ccc1=O)N([C@H]1c3ccccc3-c3sccc3-c3c(F)cccc31)[C@@H]1COCCN1C2=O.COc1ccc2c(c1)-c1ccsc1-c1ccccc1[C@H]2N1[C@@H]2COCCN2C(=O)c2c(O)c(=O)ccn21.O=C1c2c(O)c(=O)ccn2N(C2c3ccccc3-c3cnoc3-c3ccccc32)C2COCCN12. The van der Waals surface area contributed by atoms with Gasteiger partial charge in [0, 0.05) is 94.0 Å². The lowest BCUT2D eigenvalue weighted by Crippen LogP contribution is -2.66. The summed E-state index contributed by atoms with van der Waals surface area (Å²) in [5.74, 6) is -1.53. The van der Waals surface area contributed by atoms with E-state index in [4.69, 9.17) is 32.9 Å². The van der Waals surface area contributed by atoms with Gasteiger partial charge in [0.25, 0.3) is 17.7 Å². The highest BCUT2D eigenvalue weighted by Crippen LogP contribution is 2.54. The van der Waals surface area contributed by atoms with Gasteiger partial charge in [-0.15, -0.1) is 22.7 Å². The maximum absolute atomic E-state index is 15.8. The summed E-state index contributed by atoms with van der Waals surface area (Å²) < 4.78 is 64.5. The third-order valence-corrected chi connectivity index (χ3v) is 24.1. The van der Waals surface area contributed by atoms with E-state index in [1.54, 1.807) is 71.8 Å². The minimum absolute atomic E-state index is 0.0304. The molecule has 0 bridgehead atoms. The number of halogens is 1. The van der Waals surface area contributed by atoms with Crippen molar-refractivity contribution in [1.82, 2.24) is 33.9 Å². The van der Waals surface area contributed by atoms with Crippen molar-refractivity contribution < 1.29 is 71.5 Å². The number of benzene rings is 6. The molecule has 6 aliphatic heterocycles. The van der Waals surface area contributed by atoms with Crippen LogP contribution in [-0.4, -0.2) is 167 Å². The van der Waals surface area contributed by atoms with Crippen molar-refractivity contribution in [2.45, 2.75) is 36.6 Å². The average molecular weight is 1570 g/mol. The topological polar surface area (TPSA) is 285 Å². The van der Waals surface area contributed by atoms with Crippen molar-refractivity contribution >= 4 is 46.6 Å². The number of aromatic nitrogens is 4. The van der Waals surface area contributed by atoms with Gasteiger partial charge in [0.2, 0.25) is 28.8 Å². The van der Waals surface area contributed by atoms with E-state index in [0.717, 1.165) is 94.9 Å². The first kappa shape index (κ1) is 71.2. The fourth-order valence-corrected chi connectivity index (χ4v) is 19.2. The van der Waals surface area contributed by atoms with E-state index in [1.807, 2.05) is 125 Å². The zero-order chi connectivity index (χ0) is 77.9. The fraction of sp³-hybridized carbons (Fsp3) is 0.214. The Morgan fingerprint density at radius 1 is 0.491 bits per heavy atom. The number of carbonyl (C=O) groups excluding carboxylic acids is 4. The third-order valence-electron chi connectivity index (χ3n) is 22.2. The first-order chi connectivity index (χ1) is 55.7. The molecule has 3 aliphatic carbocycles. The molecular formula is C84H67FN10O17S2. The molecule has 2 N–H and O–H groups in total. The zero-order valence-electron chi connectivity index (χ0n) is 60.8. The molecule has 574 valence electrons. The van der Waals surface area contributed by atoms with Crippen LogP contribution in [0.25, 0.3) is 65.6 Å².